The van der Waals surface area contributed by atoms with Gasteiger partial charge in [-0.1, -0.05) is 6.92 Å². The quantitative estimate of drug-likeness (QED) is 0.788. The van der Waals surface area contributed by atoms with Crippen molar-refractivity contribution < 1.29 is 14.3 Å². The second kappa shape index (κ2) is 4.88. The largest absolute Gasteiger partial charge is 0.376 e. The summed E-state index contributed by atoms with van der Waals surface area (Å²) in [6.45, 7) is 7.15. The maximum Gasteiger partial charge on any atom is 0.245 e. The zero-order chi connectivity index (χ0) is 13.3. The summed E-state index contributed by atoms with van der Waals surface area (Å²) in [5, 5.41) is 2.79. The SMILES string of the molecule is CCC1NC(=O)CCN(C2(C)CCOC2C)C1=O. The molecular weight excluding hydrogens is 232 g/mol. The Bertz CT molecular complexity index is 358. The highest BCUT2D eigenvalue weighted by molar-refractivity contribution is 5.90. The second-order valence-corrected chi connectivity index (χ2v) is 5.39. The van der Waals surface area contributed by atoms with Crippen LogP contribution in [-0.2, 0) is 14.3 Å². The van der Waals surface area contributed by atoms with Crippen LogP contribution in [0.15, 0.2) is 0 Å². The molecular formula is C13H22N2O3. The average Bonchev–Trinajstić information content (AvgIpc) is 2.58. The monoisotopic (exact) mass is 254 g/mol. The van der Waals surface area contributed by atoms with Crippen LogP contribution in [-0.4, -0.2) is 47.6 Å². The van der Waals surface area contributed by atoms with Gasteiger partial charge < -0.3 is 15.0 Å². The van der Waals surface area contributed by atoms with Crippen LogP contribution in [0.2, 0.25) is 0 Å². The zero-order valence-electron chi connectivity index (χ0n) is 11.4. The maximum atomic E-state index is 12.5. The van der Waals surface area contributed by atoms with E-state index in [0.717, 1.165) is 6.42 Å². The molecule has 18 heavy (non-hydrogen) atoms. The van der Waals surface area contributed by atoms with Crippen molar-refractivity contribution in [2.75, 3.05) is 13.2 Å². The standard InChI is InChI=1S/C13H22N2O3/c1-4-10-12(17)15(7-5-11(16)14-10)13(3)6-8-18-9(13)2/h9-10H,4-8H2,1-3H3,(H,14,16). The number of rotatable bonds is 2. The van der Waals surface area contributed by atoms with Gasteiger partial charge in [-0.3, -0.25) is 9.59 Å². The lowest BCUT2D eigenvalue weighted by Gasteiger charge is -2.40. The van der Waals surface area contributed by atoms with Crippen molar-refractivity contribution in [1.82, 2.24) is 10.2 Å². The van der Waals surface area contributed by atoms with E-state index < -0.39 is 0 Å². The number of nitrogens with zero attached hydrogens (tertiary/aromatic N) is 1. The summed E-state index contributed by atoms with van der Waals surface area (Å²) in [5.41, 5.74) is -0.281. The second-order valence-electron chi connectivity index (χ2n) is 5.39. The van der Waals surface area contributed by atoms with Gasteiger partial charge in [0.2, 0.25) is 11.8 Å². The number of ether oxygens (including phenoxy) is 1. The lowest BCUT2D eigenvalue weighted by molar-refractivity contribution is -0.140. The minimum atomic E-state index is -0.385. The lowest BCUT2D eigenvalue weighted by Crippen LogP contribution is -2.57. The summed E-state index contributed by atoms with van der Waals surface area (Å²) in [6.07, 6.45) is 1.87. The van der Waals surface area contributed by atoms with Crippen LogP contribution in [0.1, 0.15) is 40.0 Å². The van der Waals surface area contributed by atoms with Crippen molar-refractivity contribution in [3.8, 4) is 0 Å². The first-order valence-electron chi connectivity index (χ1n) is 6.71. The van der Waals surface area contributed by atoms with Crippen molar-refractivity contribution in [2.24, 2.45) is 0 Å². The minimum Gasteiger partial charge on any atom is -0.376 e. The van der Waals surface area contributed by atoms with Crippen molar-refractivity contribution in [2.45, 2.75) is 57.7 Å². The first-order valence-corrected chi connectivity index (χ1v) is 6.71. The van der Waals surface area contributed by atoms with Crippen LogP contribution in [0, 0.1) is 0 Å². The molecule has 0 radical (unpaired) electrons. The summed E-state index contributed by atoms with van der Waals surface area (Å²) < 4.78 is 5.61. The Hall–Kier alpha value is -1.10. The lowest BCUT2D eigenvalue weighted by atomic mass is 9.91. The molecule has 0 aromatic heterocycles. The molecule has 3 unspecified atom stereocenters. The molecule has 0 aromatic carbocycles. The number of carbonyl (C=O) groups excluding carboxylic acids is 2. The van der Waals surface area contributed by atoms with Crippen molar-refractivity contribution >= 4 is 11.8 Å². The molecule has 0 spiro atoms. The van der Waals surface area contributed by atoms with Gasteiger partial charge in [0.25, 0.3) is 0 Å². The van der Waals surface area contributed by atoms with Gasteiger partial charge >= 0.3 is 0 Å². The third-order valence-corrected chi connectivity index (χ3v) is 4.34. The number of nitrogens with one attached hydrogen (secondary N) is 1. The first kappa shape index (κ1) is 13.3. The molecule has 3 atom stereocenters. The summed E-state index contributed by atoms with van der Waals surface area (Å²) in [6, 6.07) is -0.385. The smallest absolute Gasteiger partial charge is 0.245 e. The number of amides is 2. The molecule has 5 heteroatoms. The zero-order valence-corrected chi connectivity index (χ0v) is 11.4. The molecule has 2 heterocycles. The highest BCUT2D eigenvalue weighted by Gasteiger charge is 2.46. The Morgan fingerprint density at radius 2 is 2.22 bits per heavy atom. The van der Waals surface area contributed by atoms with Crippen LogP contribution >= 0.6 is 0 Å². The fraction of sp³-hybridized carbons (Fsp3) is 0.846. The number of carbonyl (C=O) groups is 2. The number of hydrogen-bond acceptors (Lipinski definition) is 3. The Kier molecular flexibility index (Phi) is 3.61. The molecule has 102 valence electrons. The summed E-state index contributed by atoms with van der Waals surface area (Å²) in [7, 11) is 0. The molecule has 2 saturated heterocycles. The molecule has 2 amide bonds. The van der Waals surface area contributed by atoms with Gasteiger partial charge in [-0.2, -0.15) is 0 Å². The van der Waals surface area contributed by atoms with Crippen molar-refractivity contribution in [1.29, 1.82) is 0 Å². The molecule has 1 N–H and O–H groups in total. The van der Waals surface area contributed by atoms with E-state index in [9.17, 15) is 9.59 Å². The summed E-state index contributed by atoms with van der Waals surface area (Å²) in [5.74, 6) is -0.00364. The highest BCUT2D eigenvalue weighted by atomic mass is 16.5. The molecule has 0 saturated carbocycles. The van der Waals surface area contributed by atoms with Crippen LogP contribution in [0.3, 0.4) is 0 Å². The maximum absolute atomic E-state index is 12.5. The van der Waals surface area contributed by atoms with Gasteiger partial charge in [-0.25, -0.2) is 0 Å². The fourth-order valence-corrected chi connectivity index (χ4v) is 2.80. The predicted octanol–water partition coefficient (Wildman–Crippen LogP) is 0.681. The normalized spacial score (nSPS) is 37.6. The van der Waals surface area contributed by atoms with E-state index in [0.29, 0.717) is 26.0 Å². The Balaban J connectivity index is 2.25. The molecule has 0 aromatic rings. The van der Waals surface area contributed by atoms with E-state index in [1.54, 1.807) is 0 Å². The summed E-state index contributed by atoms with van der Waals surface area (Å²) >= 11 is 0. The van der Waals surface area contributed by atoms with Crippen LogP contribution in [0.5, 0.6) is 0 Å². The molecule has 2 rings (SSSR count). The van der Waals surface area contributed by atoms with Gasteiger partial charge in [0.1, 0.15) is 6.04 Å². The molecule has 2 fully saturated rings. The Morgan fingerprint density at radius 3 is 2.78 bits per heavy atom. The minimum absolute atomic E-state index is 0.0205. The third-order valence-electron chi connectivity index (χ3n) is 4.34. The molecule has 2 aliphatic rings. The van der Waals surface area contributed by atoms with Crippen LogP contribution < -0.4 is 5.32 Å². The molecule has 5 nitrogen and oxygen atoms in total. The van der Waals surface area contributed by atoms with Crippen LogP contribution in [0.25, 0.3) is 0 Å². The van der Waals surface area contributed by atoms with E-state index in [4.69, 9.17) is 4.74 Å². The Morgan fingerprint density at radius 1 is 1.50 bits per heavy atom. The van der Waals surface area contributed by atoms with E-state index in [1.165, 1.54) is 0 Å². The van der Waals surface area contributed by atoms with Gasteiger partial charge in [0.15, 0.2) is 0 Å². The van der Waals surface area contributed by atoms with Crippen molar-refractivity contribution in [3.05, 3.63) is 0 Å². The van der Waals surface area contributed by atoms with E-state index in [2.05, 4.69) is 12.2 Å². The highest BCUT2D eigenvalue weighted by Crippen LogP contribution is 2.33. The molecule has 0 aliphatic carbocycles. The van der Waals surface area contributed by atoms with Gasteiger partial charge in [0.05, 0.1) is 11.6 Å². The van der Waals surface area contributed by atoms with E-state index in [-0.39, 0.29) is 29.5 Å². The fourth-order valence-electron chi connectivity index (χ4n) is 2.80. The van der Waals surface area contributed by atoms with Crippen LogP contribution in [0.4, 0.5) is 0 Å². The van der Waals surface area contributed by atoms with Gasteiger partial charge in [-0.05, 0) is 26.7 Å². The molecule has 0 bridgehead atoms. The predicted molar refractivity (Wildman–Crippen MR) is 67.0 cm³/mol. The number of hydrogen-bond donors (Lipinski definition) is 1. The molecule has 2 aliphatic heterocycles. The average molecular weight is 254 g/mol. The van der Waals surface area contributed by atoms with E-state index >= 15 is 0 Å². The topological polar surface area (TPSA) is 58.6 Å². The van der Waals surface area contributed by atoms with Gasteiger partial charge in [0, 0.05) is 19.6 Å². The van der Waals surface area contributed by atoms with Gasteiger partial charge in [-0.15, -0.1) is 0 Å². The summed E-state index contributed by atoms with van der Waals surface area (Å²) in [4.78, 5) is 26.0. The van der Waals surface area contributed by atoms with Crippen molar-refractivity contribution in [3.63, 3.8) is 0 Å². The third kappa shape index (κ3) is 2.11. The Labute approximate surface area is 108 Å². The van der Waals surface area contributed by atoms with E-state index in [1.807, 2.05) is 18.7 Å². The first-order chi connectivity index (χ1) is 8.49.